The third-order valence-corrected chi connectivity index (χ3v) is 13.0. The molecule has 3 heterocycles. The van der Waals surface area contributed by atoms with Crippen molar-refractivity contribution in [1.82, 2.24) is 0 Å². The molecule has 1 N–H and O–H groups in total. The monoisotopic (exact) mass is 793 g/mol. The van der Waals surface area contributed by atoms with Crippen molar-refractivity contribution in [2.75, 3.05) is 0 Å². The molecule has 231 valence electrons. The van der Waals surface area contributed by atoms with E-state index in [0.29, 0.717) is 59.4 Å². The summed E-state index contributed by atoms with van der Waals surface area (Å²) in [6.45, 7) is 20.3. The number of rotatable bonds is 2. The number of phenols is 1. The maximum absolute atomic E-state index is 10.6. The molecule has 1 radical (unpaired) electrons. The van der Waals surface area contributed by atoms with Crippen LogP contribution in [0.5, 0.6) is 11.5 Å². The van der Waals surface area contributed by atoms with E-state index in [1.165, 1.54) is 24.0 Å². The number of benzene rings is 1. The Kier molecular flexibility index (Phi) is 9.96. The van der Waals surface area contributed by atoms with Crippen LogP contribution in [-0.4, -0.2) is 41.9 Å². The molecule has 42 heavy (non-hydrogen) atoms. The molecule has 1 spiro atoms. The summed E-state index contributed by atoms with van der Waals surface area (Å²) in [6.07, 6.45) is 9.96. The van der Waals surface area contributed by atoms with Crippen LogP contribution in [0.1, 0.15) is 92.7 Å². The first-order valence-electron chi connectivity index (χ1n) is 16.6. The minimum absolute atomic E-state index is 0. The Hall–Kier alpha value is -0.118. The average Bonchev–Trinajstić information content (AvgIpc) is 3.30. The van der Waals surface area contributed by atoms with E-state index in [-0.39, 0.29) is 79.8 Å². The smallest absolute Gasteiger partial charge is 0.165 e. The van der Waals surface area contributed by atoms with Gasteiger partial charge in [-0.15, -0.1) is 0 Å². The standard InChI is InChI=1S/C26H34O4.C10H20O.Ac/c1-13-14(2)16(4)28-25(15(13)3)29-21-10-8-19-17-6-5-11-26(19)22-18(12-17)7-9-20(27)23(22)30-24(21)26;1-6-7(2)9(4)11-10(5)8(6)3;/h7-10,13-17,19,21,24-25,27H,5-6,11-12H2,1-4H3;6-10H,1-5H3;/t13-,14-,15+,16+,17+,19?,21-,24-,25-,26-;6?,7-,8+,9+,10?;/m00./s1. The second-order valence-corrected chi connectivity index (χ2v) is 14.8. The fourth-order valence-corrected chi connectivity index (χ4v) is 9.33. The van der Waals surface area contributed by atoms with Gasteiger partial charge < -0.3 is 24.1 Å². The summed E-state index contributed by atoms with van der Waals surface area (Å²) in [5, 5.41) is 10.6. The van der Waals surface area contributed by atoms with Crippen molar-refractivity contribution < 1.29 is 68.1 Å². The summed E-state index contributed by atoms with van der Waals surface area (Å²) in [5.74, 6) is 5.75. The van der Waals surface area contributed by atoms with E-state index in [9.17, 15) is 5.11 Å². The van der Waals surface area contributed by atoms with Crippen LogP contribution < -0.4 is 4.74 Å². The van der Waals surface area contributed by atoms with Crippen molar-refractivity contribution in [2.24, 2.45) is 47.3 Å². The second-order valence-electron chi connectivity index (χ2n) is 14.8. The van der Waals surface area contributed by atoms with Gasteiger partial charge >= 0.3 is 0 Å². The van der Waals surface area contributed by atoms with Crippen molar-refractivity contribution in [3.63, 3.8) is 0 Å². The third-order valence-electron chi connectivity index (χ3n) is 13.0. The van der Waals surface area contributed by atoms with Gasteiger partial charge in [-0.25, -0.2) is 0 Å². The second kappa shape index (κ2) is 12.6. The molecule has 1 aromatic carbocycles. The SMILES string of the molecule is CC1O[C@H](C)[C@@H](C)C(C)[C@H]1C.C[C@@H]1[C@@H](C)[C@H](O[C@H]2C=CC3[C@@H]4CCC[C@@]35c3c(ccc(O)c3O[C@@H]25)C4)O[C@H](C)[C@H]1C.[Ac]. The van der Waals surface area contributed by atoms with Gasteiger partial charge in [0, 0.05) is 61.0 Å². The first kappa shape index (κ1) is 33.3. The predicted molar refractivity (Wildman–Crippen MR) is 162 cm³/mol. The first-order valence-corrected chi connectivity index (χ1v) is 16.6. The topological polar surface area (TPSA) is 57.2 Å². The Morgan fingerprint density at radius 2 is 1.40 bits per heavy atom. The van der Waals surface area contributed by atoms with E-state index in [2.05, 4.69) is 80.5 Å². The Bertz CT molecular complexity index is 1140. The van der Waals surface area contributed by atoms with E-state index >= 15 is 0 Å². The number of allylic oxidation sites excluding steroid dienone is 1. The van der Waals surface area contributed by atoms with E-state index in [0.717, 1.165) is 18.8 Å². The van der Waals surface area contributed by atoms with Crippen molar-refractivity contribution in [1.29, 1.82) is 0 Å². The molecule has 2 bridgehead atoms. The first-order chi connectivity index (χ1) is 19.5. The predicted octanol–water partition coefficient (Wildman–Crippen LogP) is 7.67. The Morgan fingerprint density at radius 3 is 2.07 bits per heavy atom. The zero-order chi connectivity index (χ0) is 29.4. The fraction of sp³-hybridized carbons (Fsp3) is 0.778. The van der Waals surface area contributed by atoms with Gasteiger partial charge in [-0.2, -0.15) is 0 Å². The maximum atomic E-state index is 10.6. The number of aromatic hydroxyl groups is 1. The van der Waals surface area contributed by atoms with Gasteiger partial charge in [0.2, 0.25) is 0 Å². The van der Waals surface area contributed by atoms with Gasteiger partial charge in [-0.05, 0) is 93.1 Å². The van der Waals surface area contributed by atoms with E-state index < -0.39 is 0 Å². The maximum Gasteiger partial charge on any atom is 0.165 e. The minimum Gasteiger partial charge on any atom is -0.504 e. The Morgan fingerprint density at radius 1 is 0.786 bits per heavy atom. The van der Waals surface area contributed by atoms with Gasteiger partial charge in [0.05, 0.1) is 18.3 Å². The molecule has 1 saturated carbocycles. The van der Waals surface area contributed by atoms with Gasteiger partial charge in [-0.3, -0.25) is 0 Å². The summed E-state index contributed by atoms with van der Waals surface area (Å²) in [5.41, 5.74) is 2.59. The van der Waals surface area contributed by atoms with E-state index in [1.807, 2.05) is 6.07 Å². The summed E-state index contributed by atoms with van der Waals surface area (Å²) in [7, 11) is 0. The van der Waals surface area contributed by atoms with Gasteiger partial charge in [0.15, 0.2) is 17.8 Å². The number of hydrogen-bond donors (Lipinski definition) is 1. The summed E-state index contributed by atoms with van der Waals surface area (Å²) < 4.78 is 25.4. The molecule has 3 aliphatic heterocycles. The van der Waals surface area contributed by atoms with Crippen LogP contribution in [-0.2, 0) is 26.0 Å². The third kappa shape index (κ3) is 5.28. The van der Waals surface area contributed by atoms with Crippen molar-refractivity contribution in [2.45, 2.75) is 130 Å². The largest absolute Gasteiger partial charge is 0.504 e. The molecular weight excluding hydrogens is 739 g/mol. The molecule has 1 aromatic rings. The fourth-order valence-electron chi connectivity index (χ4n) is 9.33. The Balaban J connectivity index is 0.000000251. The average molecular weight is 794 g/mol. The van der Waals surface area contributed by atoms with Crippen molar-refractivity contribution in [3.8, 4) is 11.5 Å². The van der Waals surface area contributed by atoms with Crippen molar-refractivity contribution >= 4 is 0 Å². The Labute approximate surface area is 290 Å². The van der Waals surface area contributed by atoms with Gasteiger partial charge in [0.25, 0.3) is 0 Å². The molecule has 3 unspecified atom stereocenters. The zero-order valence-corrected chi connectivity index (χ0v) is 32.1. The van der Waals surface area contributed by atoms with Crippen molar-refractivity contribution in [3.05, 3.63) is 35.4 Å². The van der Waals surface area contributed by atoms with Crippen LogP contribution in [0, 0.1) is 91.4 Å². The van der Waals surface area contributed by atoms with E-state index in [1.54, 1.807) is 0 Å². The van der Waals surface area contributed by atoms with Crippen LogP contribution in [0.25, 0.3) is 0 Å². The van der Waals surface area contributed by atoms with Crippen LogP contribution in [0.4, 0.5) is 0 Å². The zero-order valence-electron chi connectivity index (χ0n) is 27.4. The molecule has 15 atom stereocenters. The number of ether oxygens (including phenoxy) is 4. The molecule has 0 amide bonds. The normalized spacial score (nSPS) is 48.2. The number of hydrogen-bond acceptors (Lipinski definition) is 5. The quantitative estimate of drug-likeness (QED) is 0.312. The van der Waals surface area contributed by atoms with Crippen LogP contribution in [0.15, 0.2) is 24.3 Å². The molecule has 6 heteroatoms. The molecule has 3 aliphatic carbocycles. The van der Waals surface area contributed by atoms with Gasteiger partial charge in [0.1, 0.15) is 12.2 Å². The molecule has 7 rings (SSSR count). The van der Waals surface area contributed by atoms with Crippen LogP contribution in [0.2, 0.25) is 0 Å². The van der Waals surface area contributed by atoms with Crippen LogP contribution >= 0.6 is 0 Å². The van der Waals surface area contributed by atoms with E-state index in [4.69, 9.17) is 18.9 Å². The molecule has 6 aliphatic rings. The summed E-state index contributed by atoms with van der Waals surface area (Å²) in [6, 6.07) is 3.94. The van der Waals surface area contributed by atoms with Crippen LogP contribution in [0.3, 0.4) is 0 Å². The molecule has 2 saturated heterocycles. The van der Waals surface area contributed by atoms with Gasteiger partial charge in [-0.1, -0.05) is 66.2 Å². The molecule has 0 aromatic heterocycles. The molecule has 5 nitrogen and oxygen atoms in total. The molecule has 3 fully saturated rings. The number of phenolic OH excluding ortho intramolecular Hbond substituents is 1. The molecular formula is C36H54AcO5. The minimum atomic E-state index is -0.225. The summed E-state index contributed by atoms with van der Waals surface area (Å²) in [4.78, 5) is 0. The summed E-state index contributed by atoms with van der Waals surface area (Å²) >= 11 is 0.